The lowest BCUT2D eigenvalue weighted by Gasteiger charge is -2.33. The van der Waals surface area contributed by atoms with Crippen molar-refractivity contribution in [3.8, 4) is 0 Å². The molecule has 0 bridgehead atoms. The van der Waals surface area contributed by atoms with E-state index in [4.69, 9.17) is 0 Å². The molecule has 2 nitrogen and oxygen atoms in total. The lowest BCUT2D eigenvalue weighted by atomic mass is 9.85. The minimum Gasteiger partial charge on any atom is -0.371 e. The number of hydrogen-bond donors (Lipinski definition) is 0. The molecule has 1 aliphatic carbocycles. The molecular formula is C15H19NO. The third-order valence-corrected chi connectivity index (χ3v) is 4.08. The van der Waals surface area contributed by atoms with Crippen molar-refractivity contribution in [3.63, 3.8) is 0 Å². The van der Waals surface area contributed by atoms with Gasteiger partial charge >= 0.3 is 0 Å². The monoisotopic (exact) mass is 229 g/mol. The first-order valence-corrected chi connectivity index (χ1v) is 6.72. The zero-order valence-electron chi connectivity index (χ0n) is 10.2. The summed E-state index contributed by atoms with van der Waals surface area (Å²) in [6.07, 6.45) is 5.83. The number of anilines is 1. The molecule has 1 fully saturated rings. The molecule has 0 spiro atoms. The Kier molecular flexibility index (Phi) is 2.87. The van der Waals surface area contributed by atoms with Crippen LogP contribution < -0.4 is 4.90 Å². The fourth-order valence-electron chi connectivity index (χ4n) is 2.85. The maximum Gasteiger partial charge on any atom is 0.165 e. The number of fused-ring (bicyclic) bond motifs is 1. The normalized spacial score (nSPS) is 20.7. The van der Waals surface area contributed by atoms with Crippen LogP contribution in [0, 0.1) is 5.92 Å². The van der Waals surface area contributed by atoms with E-state index in [9.17, 15) is 4.79 Å². The van der Waals surface area contributed by atoms with Crippen molar-refractivity contribution in [2.75, 3.05) is 18.0 Å². The summed E-state index contributed by atoms with van der Waals surface area (Å²) in [6.45, 7) is 2.18. The Morgan fingerprint density at radius 2 is 2.00 bits per heavy atom. The average Bonchev–Trinajstić information content (AvgIpc) is 2.45. The van der Waals surface area contributed by atoms with Gasteiger partial charge in [-0.15, -0.1) is 0 Å². The molecule has 0 N–H and O–H groups in total. The lowest BCUT2D eigenvalue weighted by molar-refractivity contribution is 0.0984. The topological polar surface area (TPSA) is 20.3 Å². The van der Waals surface area contributed by atoms with Crippen molar-refractivity contribution in [2.24, 2.45) is 5.92 Å². The molecule has 0 amide bonds. The van der Waals surface area contributed by atoms with E-state index in [1.807, 2.05) is 18.2 Å². The van der Waals surface area contributed by atoms with Crippen LogP contribution in [0.1, 0.15) is 42.5 Å². The van der Waals surface area contributed by atoms with Crippen LogP contribution in [0.3, 0.4) is 0 Å². The maximum atomic E-state index is 12.0. The van der Waals surface area contributed by atoms with Gasteiger partial charge in [-0.3, -0.25) is 4.79 Å². The highest BCUT2D eigenvalue weighted by Gasteiger charge is 2.25. The van der Waals surface area contributed by atoms with Crippen LogP contribution in [0.2, 0.25) is 0 Å². The Morgan fingerprint density at radius 1 is 1.18 bits per heavy atom. The molecule has 1 aromatic rings. The second-order valence-electron chi connectivity index (χ2n) is 5.29. The average molecular weight is 229 g/mol. The van der Waals surface area contributed by atoms with E-state index in [1.54, 1.807) is 0 Å². The van der Waals surface area contributed by atoms with E-state index in [0.29, 0.717) is 12.2 Å². The summed E-state index contributed by atoms with van der Waals surface area (Å²) in [6, 6.07) is 8.11. The van der Waals surface area contributed by atoms with Crippen molar-refractivity contribution in [1.82, 2.24) is 0 Å². The number of carbonyl (C=O) groups excluding carboxylic acids is 1. The minimum absolute atomic E-state index is 0.316. The van der Waals surface area contributed by atoms with Gasteiger partial charge in [0.15, 0.2) is 5.78 Å². The van der Waals surface area contributed by atoms with E-state index < -0.39 is 0 Å². The van der Waals surface area contributed by atoms with E-state index in [1.165, 1.54) is 24.9 Å². The van der Waals surface area contributed by atoms with Gasteiger partial charge < -0.3 is 4.90 Å². The summed E-state index contributed by atoms with van der Waals surface area (Å²) in [4.78, 5) is 14.4. The van der Waals surface area contributed by atoms with Crippen LogP contribution in [0.15, 0.2) is 24.3 Å². The largest absolute Gasteiger partial charge is 0.371 e. The number of ketones is 1. The van der Waals surface area contributed by atoms with Gasteiger partial charge in [-0.25, -0.2) is 0 Å². The van der Waals surface area contributed by atoms with Gasteiger partial charge in [0.2, 0.25) is 0 Å². The molecule has 1 saturated carbocycles. The summed E-state index contributed by atoms with van der Waals surface area (Å²) in [5, 5.41) is 0. The molecule has 0 atom stereocenters. The third kappa shape index (κ3) is 2.08. The molecule has 2 heteroatoms. The molecular weight excluding hydrogens is 210 g/mol. The van der Waals surface area contributed by atoms with E-state index >= 15 is 0 Å². The first kappa shape index (κ1) is 10.8. The molecule has 3 rings (SSSR count). The molecule has 0 saturated heterocycles. The first-order chi connectivity index (χ1) is 8.34. The van der Waals surface area contributed by atoms with Crippen LogP contribution in [-0.4, -0.2) is 18.9 Å². The molecule has 0 unspecified atom stereocenters. The van der Waals surface area contributed by atoms with Gasteiger partial charge in [-0.05, 0) is 37.3 Å². The lowest BCUT2D eigenvalue weighted by Crippen LogP contribution is -2.33. The predicted molar refractivity (Wildman–Crippen MR) is 69.6 cm³/mol. The summed E-state index contributed by atoms with van der Waals surface area (Å²) >= 11 is 0. The Balaban J connectivity index is 1.88. The van der Waals surface area contributed by atoms with Gasteiger partial charge in [0.05, 0.1) is 0 Å². The smallest absolute Gasteiger partial charge is 0.165 e. The molecule has 17 heavy (non-hydrogen) atoms. The highest BCUT2D eigenvalue weighted by molar-refractivity contribution is 6.01. The minimum atomic E-state index is 0.316. The first-order valence-electron chi connectivity index (χ1n) is 6.72. The Morgan fingerprint density at radius 3 is 2.76 bits per heavy atom. The third-order valence-electron chi connectivity index (χ3n) is 4.08. The van der Waals surface area contributed by atoms with Crippen molar-refractivity contribution in [3.05, 3.63) is 29.8 Å². The Bertz CT molecular complexity index is 423. The molecule has 0 aromatic heterocycles. The Labute approximate surface area is 103 Å². The van der Waals surface area contributed by atoms with Crippen LogP contribution >= 0.6 is 0 Å². The SMILES string of the molecule is O=C1CCCN(CC2CCC2)c2ccccc21. The van der Waals surface area contributed by atoms with Crippen molar-refractivity contribution < 1.29 is 4.79 Å². The zero-order valence-corrected chi connectivity index (χ0v) is 10.2. The maximum absolute atomic E-state index is 12.0. The van der Waals surface area contributed by atoms with Crippen molar-refractivity contribution in [2.45, 2.75) is 32.1 Å². The standard InChI is InChI=1S/C15H19NO/c17-15-9-4-10-16(11-12-5-3-6-12)14-8-2-1-7-13(14)15/h1-2,7-8,12H,3-6,9-11H2. The second-order valence-corrected chi connectivity index (χ2v) is 5.29. The van der Waals surface area contributed by atoms with E-state index in [2.05, 4.69) is 11.0 Å². The fourth-order valence-corrected chi connectivity index (χ4v) is 2.85. The zero-order chi connectivity index (χ0) is 11.7. The van der Waals surface area contributed by atoms with Gasteiger partial charge in [0.1, 0.15) is 0 Å². The summed E-state index contributed by atoms with van der Waals surface area (Å²) in [7, 11) is 0. The van der Waals surface area contributed by atoms with Crippen LogP contribution in [0.5, 0.6) is 0 Å². The van der Waals surface area contributed by atoms with Gasteiger partial charge in [-0.1, -0.05) is 18.6 Å². The number of nitrogens with zero attached hydrogens (tertiary/aromatic N) is 1. The number of hydrogen-bond acceptors (Lipinski definition) is 2. The van der Waals surface area contributed by atoms with Crippen LogP contribution in [-0.2, 0) is 0 Å². The number of carbonyl (C=O) groups is 1. The van der Waals surface area contributed by atoms with Crippen LogP contribution in [0.4, 0.5) is 5.69 Å². The summed E-state index contributed by atoms with van der Waals surface area (Å²) in [5.74, 6) is 1.17. The Hall–Kier alpha value is -1.31. The molecule has 1 heterocycles. The molecule has 0 radical (unpaired) electrons. The van der Waals surface area contributed by atoms with Gasteiger partial charge in [0, 0.05) is 30.8 Å². The van der Waals surface area contributed by atoms with Crippen LogP contribution in [0.25, 0.3) is 0 Å². The molecule has 1 aromatic carbocycles. The second kappa shape index (κ2) is 4.52. The van der Waals surface area contributed by atoms with Crippen molar-refractivity contribution >= 4 is 11.5 Å². The molecule has 1 aliphatic heterocycles. The molecule has 90 valence electrons. The number of Topliss-reactive ketones (excluding diaryl/α,β-unsaturated/α-hetero) is 1. The van der Waals surface area contributed by atoms with E-state index in [0.717, 1.165) is 31.0 Å². The predicted octanol–water partition coefficient (Wildman–Crippen LogP) is 3.27. The molecule has 2 aliphatic rings. The summed E-state index contributed by atoms with van der Waals surface area (Å²) < 4.78 is 0. The van der Waals surface area contributed by atoms with Gasteiger partial charge in [-0.2, -0.15) is 0 Å². The quantitative estimate of drug-likeness (QED) is 0.775. The number of para-hydroxylation sites is 1. The highest BCUT2D eigenvalue weighted by Crippen LogP contribution is 2.32. The number of benzene rings is 1. The highest BCUT2D eigenvalue weighted by atomic mass is 16.1. The fraction of sp³-hybridized carbons (Fsp3) is 0.533. The van der Waals surface area contributed by atoms with E-state index in [-0.39, 0.29) is 0 Å². The van der Waals surface area contributed by atoms with Gasteiger partial charge in [0.25, 0.3) is 0 Å². The number of rotatable bonds is 2. The van der Waals surface area contributed by atoms with Crippen molar-refractivity contribution in [1.29, 1.82) is 0 Å². The summed E-state index contributed by atoms with van der Waals surface area (Å²) in [5.41, 5.74) is 2.10.